The Morgan fingerprint density at radius 2 is 1.79 bits per heavy atom. The van der Waals surface area contributed by atoms with Crippen LogP contribution in [0.25, 0.3) is 11.1 Å². The average molecular weight is 284 g/mol. The summed E-state index contributed by atoms with van der Waals surface area (Å²) in [6, 6.07) is 13.7. The molecule has 1 atom stereocenters. The summed E-state index contributed by atoms with van der Waals surface area (Å²) in [5.74, 6) is -2.06. The molecule has 4 heteroatoms. The van der Waals surface area contributed by atoms with E-state index in [2.05, 4.69) is 0 Å². The normalized spacial score (nSPS) is 11.5. The second-order valence-electron chi connectivity index (χ2n) is 4.17. The van der Waals surface area contributed by atoms with Crippen molar-refractivity contribution in [3.8, 4) is 11.1 Å². The van der Waals surface area contributed by atoms with Gasteiger partial charge in [-0.2, -0.15) is 0 Å². The quantitative estimate of drug-likeness (QED) is 0.880. The molecule has 19 heavy (non-hydrogen) atoms. The second kappa shape index (κ2) is 7.31. The van der Waals surface area contributed by atoms with Gasteiger partial charge in [-0.1, -0.05) is 42.5 Å². The Morgan fingerprint density at radius 1 is 1.16 bits per heavy atom. The third-order valence-electron chi connectivity index (χ3n) is 2.95. The molecule has 1 N–H and O–H groups in total. The van der Waals surface area contributed by atoms with Crippen LogP contribution in [0.3, 0.4) is 0 Å². The second-order valence-corrected chi connectivity index (χ2v) is 4.17. The zero-order valence-corrected chi connectivity index (χ0v) is 9.93. The first-order valence-corrected chi connectivity index (χ1v) is 5.67. The SMILES string of the molecule is CC(C(=O)O)c1ccc(-c2ccccc2)c(F)c1.[KH]. The summed E-state index contributed by atoms with van der Waals surface area (Å²) in [5.41, 5.74) is 1.74. The molecule has 2 aromatic carbocycles. The fourth-order valence-corrected chi connectivity index (χ4v) is 1.80. The molecule has 2 aromatic rings. The first-order chi connectivity index (χ1) is 8.59. The number of benzene rings is 2. The first kappa shape index (κ1) is 16.5. The molecule has 0 amide bonds. The molecule has 0 bridgehead atoms. The number of rotatable bonds is 3. The molecule has 0 aliphatic carbocycles. The number of carboxylic acids is 1. The van der Waals surface area contributed by atoms with E-state index < -0.39 is 17.7 Å². The predicted octanol–water partition coefficient (Wildman–Crippen LogP) is 3.03. The molecule has 0 spiro atoms. The van der Waals surface area contributed by atoms with Crippen LogP contribution in [-0.4, -0.2) is 62.5 Å². The third-order valence-corrected chi connectivity index (χ3v) is 2.95. The van der Waals surface area contributed by atoms with Crippen LogP contribution in [-0.2, 0) is 4.79 Å². The van der Waals surface area contributed by atoms with E-state index in [1.165, 1.54) is 6.07 Å². The molecule has 0 saturated heterocycles. The summed E-state index contributed by atoms with van der Waals surface area (Å²) >= 11 is 0. The molecule has 0 aromatic heterocycles. The van der Waals surface area contributed by atoms with Crippen molar-refractivity contribution in [1.82, 2.24) is 0 Å². The number of hydrogen-bond acceptors (Lipinski definition) is 1. The van der Waals surface area contributed by atoms with Gasteiger partial charge in [0, 0.05) is 5.56 Å². The number of aliphatic carboxylic acids is 1. The molecule has 0 radical (unpaired) electrons. The zero-order chi connectivity index (χ0) is 13.1. The van der Waals surface area contributed by atoms with Gasteiger partial charge in [0.25, 0.3) is 0 Å². The van der Waals surface area contributed by atoms with Crippen LogP contribution >= 0.6 is 0 Å². The summed E-state index contributed by atoms with van der Waals surface area (Å²) in [4.78, 5) is 10.8. The summed E-state index contributed by atoms with van der Waals surface area (Å²) in [6.07, 6.45) is 0. The van der Waals surface area contributed by atoms with E-state index in [0.717, 1.165) is 5.56 Å². The summed E-state index contributed by atoms with van der Waals surface area (Å²) in [7, 11) is 0. The van der Waals surface area contributed by atoms with Gasteiger partial charge in [-0.05, 0) is 24.1 Å². The third kappa shape index (κ3) is 3.97. The molecular formula is C15H14FKO2. The number of carboxylic acid groups (broad SMARTS) is 1. The van der Waals surface area contributed by atoms with Crippen molar-refractivity contribution in [3.63, 3.8) is 0 Å². The number of halogens is 1. The topological polar surface area (TPSA) is 37.3 Å². The molecular weight excluding hydrogens is 270 g/mol. The van der Waals surface area contributed by atoms with Crippen LogP contribution in [0.1, 0.15) is 18.4 Å². The Labute approximate surface area is 154 Å². The maximum atomic E-state index is 14.0. The van der Waals surface area contributed by atoms with Gasteiger partial charge >= 0.3 is 57.4 Å². The van der Waals surface area contributed by atoms with Crippen LogP contribution in [0.4, 0.5) is 4.39 Å². The van der Waals surface area contributed by atoms with Crippen molar-refractivity contribution >= 4 is 57.4 Å². The Bertz CT molecular complexity index is 570. The Kier molecular flexibility index (Phi) is 6.36. The molecule has 0 fully saturated rings. The van der Waals surface area contributed by atoms with Crippen LogP contribution < -0.4 is 0 Å². The monoisotopic (exact) mass is 284 g/mol. The first-order valence-electron chi connectivity index (χ1n) is 5.67. The average Bonchev–Trinajstić information content (AvgIpc) is 2.38. The zero-order valence-electron chi connectivity index (χ0n) is 9.93. The van der Waals surface area contributed by atoms with Crippen molar-refractivity contribution in [2.24, 2.45) is 0 Å². The van der Waals surface area contributed by atoms with E-state index in [9.17, 15) is 9.18 Å². The number of carbonyl (C=O) groups is 1. The van der Waals surface area contributed by atoms with Crippen LogP contribution in [0, 0.1) is 5.82 Å². The van der Waals surface area contributed by atoms with Gasteiger partial charge in [-0.3, -0.25) is 4.79 Å². The minimum absolute atomic E-state index is 0. The van der Waals surface area contributed by atoms with Gasteiger partial charge in [-0.25, -0.2) is 4.39 Å². The standard InChI is InChI=1S/C15H13FO2.K.H/c1-10(15(17)18)12-7-8-13(14(16)9-12)11-5-3-2-4-6-11;;/h2-10H,1H3,(H,17,18);;. The Balaban J connectivity index is 0.00000180. The van der Waals surface area contributed by atoms with Crippen molar-refractivity contribution in [3.05, 3.63) is 59.9 Å². The Morgan fingerprint density at radius 3 is 2.32 bits per heavy atom. The van der Waals surface area contributed by atoms with Crippen LogP contribution in [0.5, 0.6) is 0 Å². The summed E-state index contributed by atoms with van der Waals surface area (Å²) in [6.45, 7) is 1.54. The van der Waals surface area contributed by atoms with E-state index in [1.807, 2.05) is 30.3 Å². The van der Waals surface area contributed by atoms with E-state index in [4.69, 9.17) is 5.11 Å². The van der Waals surface area contributed by atoms with E-state index in [0.29, 0.717) is 11.1 Å². The van der Waals surface area contributed by atoms with Crippen molar-refractivity contribution < 1.29 is 14.3 Å². The number of hydrogen-bond donors (Lipinski definition) is 1. The van der Waals surface area contributed by atoms with Gasteiger partial charge < -0.3 is 5.11 Å². The molecule has 0 saturated carbocycles. The molecule has 94 valence electrons. The predicted molar refractivity (Wildman–Crippen MR) is 75.0 cm³/mol. The van der Waals surface area contributed by atoms with E-state index in [-0.39, 0.29) is 51.4 Å². The molecule has 2 nitrogen and oxygen atoms in total. The molecule has 2 rings (SSSR count). The van der Waals surface area contributed by atoms with E-state index >= 15 is 0 Å². The van der Waals surface area contributed by atoms with Crippen LogP contribution in [0.15, 0.2) is 48.5 Å². The van der Waals surface area contributed by atoms with Crippen molar-refractivity contribution in [2.75, 3.05) is 0 Å². The van der Waals surface area contributed by atoms with Gasteiger partial charge in [0.15, 0.2) is 0 Å². The van der Waals surface area contributed by atoms with Gasteiger partial charge in [0.05, 0.1) is 5.92 Å². The van der Waals surface area contributed by atoms with Gasteiger partial charge in [0.1, 0.15) is 5.82 Å². The summed E-state index contributed by atoms with van der Waals surface area (Å²) in [5, 5.41) is 8.89. The molecule has 0 aliphatic heterocycles. The fourth-order valence-electron chi connectivity index (χ4n) is 1.80. The maximum absolute atomic E-state index is 14.0. The molecule has 1 unspecified atom stereocenters. The van der Waals surface area contributed by atoms with Gasteiger partial charge in [0.2, 0.25) is 0 Å². The fraction of sp³-hybridized carbons (Fsp3) is 0.133. The van der Waals surface area contributed by atoms with Crippen molar-refractivity contribution in [1.29, 1.82) is 0 Å². The van der Waals surface area contributed by atoms with Gasteiger partial charge in [-0.15, -0.1) is 0 Å². The Hall–Kier alpha value is -0.524. The molecule has 0 heterocycles. The van der Waals surface area contributed by atoms with Crippen molar-refractivity contribution in [2.45, 2.75) is 12.8 Å². The molecule has 0 aliphatic rings. The van der Waals surface area contributed by atoms with E-state index in [1.54, 1.807) is 19.1 Å². The van der Waals surface area contributed by atoms with Crippen LogP contribution in [0.2, 0.25) is 0 Å². The minimum atomic E-state index is -0.957. The summed E-state index contributed by atoms with van der Waals surface area (Å²) < 4.78 is 14.0.